The number of hydrogen-bond acceptors (Lipinski definition) is 3. The Kier molecular flexibility index (Phi) is 6.17. The monoisotopic (exact) mass is 340 g/mol. The number of benzene rings is 2. The maximum atomic E-state index is 12.5. The van der Waals surface area contributed by atoms with Crippen LogP contribution in [0.3, 0.4) is 0 Å². The maximum Gasteiger partial charge on any atom is 0.244 e. The first-order chi connectivity index (χ1) is 11.9. The fourth-order valence-corrected chi connectivity index (χ4v) is 2.61. The topological polar surface area (TPSA) is 58.6 Å². The van der Waals surface area contributed by atoms with Crippen LogP contribution in [-0.4, -0.2) is 25.5 Å². The van der Waals surface area contributed by atoms with E-state index in [1.54, 1.807) is 31.4 Å². The van der Waals surface area contributed by atoms with E-state index >= 15 is 0 Å². The highest BCUT2D eigenvalue weighted by Crippen LogP contribution is 2.24. The Morgan fingerprint density at radius 2 is 1.84 bits per heavy atom. The molecule has 0 aliphatic rings. The quantitative estimate of drug-likeness (QED) is 0.870. The largest absolute Gasteiger partial charge is 0.497 e. The Hall–Kier alpha value is -2.82. The van der Waals surface area contributed by atoms with Crippen LogP contribution in [0.2, 0.25) is 0 Å². The zero-order valence-corrected chi connectivity index (χ0v) is 15.1. The van der Waals surface area contributed by atoms with Gasteiger partial charge in [-0.05, 0) is 29.7 Å². The molecule has 0 fully saturated rings. The standard InChI is InChI=1S/C20H24N2O3/c1-14(2)18-10-5-6-11-19(18)21-20(24)13-22(15(3)23)16-8-7-9-17(12-16)25-4/h5-12,14H,13H2,1-4H3,(H,21,24). The van der Waals surface area contributed by atoms with Gasteiger partial charge in [-0.25, -0.2) is 0 Å². The molecule has 0 aliphatic heterocycles. The summed E-state index contributed by atoms with van der Waals surface area (Å²) in [6.07, 6.45) is 0. The van der Waals surface area contributed by atoms with Crippen LogP contribution >= 0.6 is 0 Å². The zero-order chi connectivity index (χ0) is 18.4. The molecule has 0 spiro atoms. The van der Waals surface area contributed by atoms with Crippen molar-refractivity contribution in [2.45, 2.75) is 26.7 Å². The first kappa shape index (κ1) is 18.5. The van der Waals surface area contributed by atoms with Crippen molar-refractivity contribution in [1.29, 1.82) is 0 Å². The van der Waals surface area contributed by atoms with Crippen molar-refractivity contribution in [2.24, 2.45) is 0 Å². The molecule has 2 aromatic carbocycles. The Labute approximate surface area is 148 Å². The number of anilines is 2. The highest BCUT2D eigenvalue weighted by Gasteiger charge is 2.17. The molecule has 2 aromatic rings. The molecule has 0 heterocycles. The van der Waals surface area contributed by atoms with Crippen molar-refractivity contribution < 1.29 is 14.3 Å². The van der Waals surface area contributed by atoms with Crippen molar-refractivity contribution in [3.8, 4) is 5.75 Å². The van der Waals surface area contributed by atoms with E-state index in [0.29, 0.717) is 17.4 Å². The molecule has 0 bridgehead atoms. The summed E-state index contributed by atoms with van der Waals surface area (Å²) in [5, 5.41) is 2.91. The van der Waals surface area contributed by atoms with E-state index in [4.69, 9.17) is 4.74 Å². The van der Waals surface area contributed by atoms with Crippen LogP contribution < -0.4 is 15.0 Å². The first-order valence-electron chi connectivity index (χ1n) is 8.23. The lowest BCUT2D eigenvalue weighted by atomic mass is 10.0. The Balaban J connectivity index is 2.17. The number of nitrogens with one attached hydrogen (secondary N) is 1. The molecular weight excluding hydrogens is 316 g/mol. The molecule has 0 atom stereocenters. The second-order valence-corrected chi connectivity index (χ2v) is 6.10. The average Bonchev–Trinajstić information content (AvgIpc) is 2.59. The summed E-state index contributed by atoms with van der Waals surface area (Å²) in [7, 11) is 1.56. The number of carbonyl (C=O) groups excluding carboxylic acids is 2. The molecule has 0 aliphatic carbocycles. The van der Waals surface area contributed by atoms with Crippen LogP contribution in [0.1, 0.15) is 32.3 Å². The van der Waals surface area contributed by atoms with Gasteiger partial charge in [0.2, 0.25) is 11.8 Å². The van der Waals surface area contributed by atoms with Gasteiger partial charge in [-0.3, -0.25) is 9.59 Å². The third-order valence-electron chi connectivity index (χ3n) is 3.90. The lowest BCUT2D eigenvalue weighted by molar-refractivity contribution is -0.120. The van der Waals surface area contributed by atoms with Crippen LogP contribution in [0.4, 0.5) is 11.4 Å². The molecule has 0 aromatic heterocycles. The molecule has 132 valence electrons. The molecule has 5 heteroatoms. The Morgan fingerprint density at radius 1 is 1.12 bits per heavy atom. The van der Waals surface area contributed by atoms with E-state index in [1.807, 2.05) is 24.3 Å². The number of amides is 2. The fourth-order valence-electron chi connectivity index (χ4n) is 2.61. The molecule has 2 rings (SSSR count). The van der Waals surface area contributed by atoms with Gasteiger partial charge < -0.3 is 15.0 Å². The second-order valence-electron chi connectivity index (χ2n) is 6.10. The van der Waals surface area contributed by atoms with Gasteiger partial charge >= 0.3 is 0 Å². The van der Waals surface area contributed by atoms with Crippen molar-refractivity contribution in [1.82, 2.24) is 0 Å². The summed E-state index contributed by atoms with van der Waals surface area (Å²) in [5.74, 6) is 0.472. The SMILES string of the molecule is COc1cccc(N(CC(=O)Nc2ccccc2C(C)C)C(C)=O)c1. The summed E-state index contributed by atoms with van der Waals surface area (Å²) in [6, 6.07) is 14.8. The zero-order valence-electron chi connectivity index (χ0n) is 15.1. The van der Waals surface area contributed by atoms with E-state index in [9.17, 15) is 9.59 Å². The maximum absolute atomic E-state index is 12.5. The third-order valence-corrected chi connectivity index (χ3v) is 3.90. The van der Waals surface area contributed by atoms with E-state index in [-0.39, 0.29) is 18.4 Å². The number of methoxy groups -OCH3 is 1. The van der Waals surface area contributed by atoms with Crippen LogP contribution in [0.15, 0.2) is 48.5 Å². The van der Waals surface area contributed by atoms with E-state index in [0.717, 1.165) is 11.3 Å². The number of ether oxygens (including phenoxy) is 1. The number of hydrogen-bond donors (Lipinski definition) is 1. The fraction of sp³-hybridized carbons (Fsp3) is 0.300. The average molecular weight is 340 g/mol. The van der Waals surface area contributed by atoms with E-state index in [2.05, 4.69) is 19.2 Å². The predicted octanol–water partition coefficient (Wildman–Crippen LogP) is 3.81. The Bertz CT molecular complexity index is 756. The lowest BCUT2D eigenvalue weighted by Gasteiger charge is -2.22. The third kappa shape index (κ3) is 4.83. The molecular formula is C20H24N2O3. The predicted molar refractivity (Wildman–Crippen MR) is 100 cm³/mol. The second kappa shape index (κ2) is 8.33. The molecule has 0 unspecified atom stereocenters. The van der Waals surface area contributed by atoms with Gasteiger partial charge in [0.05, 0.1) is 7.11 Å². The van der Waals surface area contributed by atoms with Gasteiger partial charge in [0.1, 0.15) is 12.3 Å². The van der Waals surface area contributed by atoms with Crippen molar-refractivity contribution in [2.75, 3.05) is 23.9 Å². The molecule has 2 amide bonds. The van der Waals surface area contributed by atoms with Crippen molar-refractivity contribution in [3.05, 3.63) is 54.1 Å². The smallest absolute Gasteiger partial charge is 0.244 e. The van der Waals surface area contributed by atoms with Crippen molar-refractivity contribution >= 4 is 23.2 Å². The number of para-hydroxylation sites is 1. The van der Waals surface area contributed by atoms with Crippen LogP contribution in [0.25, 0.3) is 0 Å². The summed E-state index contributed by atoms with van der Waals surface area (Å²) in [4.78, 5) is 25.9. The number of nitrogens with zero attached hydrogens (tertiary/aromatic N) is 1. The van der Waals surface area contributed by atoms with E-state index < -0.39 is 0 Å². The minimum absolute atomic E-state index is 0.0606. The molecule has 0 saturated carbocycles. The normalized spacial score (nSPS) is 10.4. The molecule has 5 nitrogen and oxygen atoms in total. The lowest BCUT2D eigenvalue weighted by Crippen LogP contribution is -2.36. The van der Waals surface area contributed by atoms with Gasteiger partial charge in [-0.15, -0.1) is 0 Å². The minimum atomic E-state index is -0.244. The Morgan fingerprint density at radius 3 is 2.48 bits per heavy atom. The number of rotatable bonds is 6. The molecule has 0 radical (unpaired) electrons. The molecule has 25 heavy (non-hydrogen) atoms. The van der Waals surface area contributed by atoms with Gasteiger partial charge in [0, 0.05) is 24.4 Å². The van der Waals surface area contributed by atoms with Crippen LogP contribution in [-0.2, 0) is 9.59 Å². The van der Waals surface area contributed by atoms with Gasteiger partial charge in [-0.2, -0.15) is 0 Å². The molecule has 0 saturated heterocycles. The van der Waals surface area contributed by atoms with Gasteiger partial charge in [0.15, 0.2) is 0 Å². The summed E-state index contributed by atoms with van der Waals surface area (Å²) in [6.45, 7) is 5.52. The minimum Gasteiger partial charge on any atom is -0.497 e. The number of carbonyl (C=O) groups is 2. The summed E-state index contributed by atoms with van der Waals surface area (Å²) >= 11 is 0. The van der Waals surface area contributed by atoms with E-state index in [1.165, 1.54) is 11.8 Å². The van der Waals surface area contributed by atoms with Gasteiger partial charge in [-0.1, -0.05) is 38.1 Å². The van der Waals surface area contributed by atoms with Gasteiger partial charge in [0.25, 0.3) is 0 Å². The van der Waals surface area contributed by atoms with Crippen LogP contribution in [0.5, 0.6) is 5.75 Å². The highest BCUT2D eigenvalue weighted by molar-refractivity contribution is 6.02. The summed E-state index contributed by atoms with van der Waals surface area (Å²) < 4.78 is 5.19. The highest BCUT2D eigenvalue weighted by atomic mass is 16.5. The molecule has 1 N–H and O–H groups in total. The first-order valence-corrected chi connectivity index (χ1v) is 8.23. The van der Waals surface area contributed by atoms with Crippen molar-refractivity contribution in [3.63, 3.8) is 0 Å². The van der Waals surface area contributed by atoms with Crippen LogP contribution in [0, 0.1) is 0 Å². The summed E-state index contributed by atoms with van der Waals surface area (Å²) in [5.41, 5.74) is 2.46.